The van der Waals surface area contributed by atoms with Crippen molar-refractivity contribution in [3.05, 3.63) is 0 Å². The molecule has 0 aromatic rings. The van der Waals surface area contributed by atoms with Gasteiger partial charge in [-0.2, -0.15) is 0 Å². The number of carbonyl (C=O) groups excluding carboxylic acids is 2. The Labute approximate surface area is 141 Å². The summed E-state index contributed by atoms with van der Waals surface area (Å²) in [6.45, 7) is 18.9. The molecule has 5 nitrogen and oxygen atoms in total. The third kappa shape index (κ3) is 4.80. The number of ether oxygens (including phenoxy) is 1. The Bertz CT molecular complexity index is 464. The summed E-state index contributed by atoms with van der Waals surface area (Å²) in [7, 11) is -2.02. The highest BCUT2D eigenvalue weighted by atomic mass is 28.4. The van der Waals surface area contributed by atoms with Gasteiger partial charge in [-0.05, 0) is 45.8 Å². The number of carbonyl (C=O) groups is 2. The van der Waals surface area contributed by atoms with Crippen molar-refractivity contribution < 1.29 is 18.8 Å². The summed E-state index contributed by atoms with van der Waals surface area (Å²) in [4.78, 5) is 25.6. The van der Waals surface area contributed by atoms with E-state index in [0.717, 1.165) is 6.29 Å². The molecular weight excluding hydrogens is 310 g/mol. The van der Waals surface area contributed by atoms with Gasteiger partial charge in [0.1, 0.15) is 11.9 Å². The lowest BCUT2D eigenvalue weighted by Gasteiger charge is -2.40. The maximum Gasteiger partial charge on any atom is 0.410 e. The fourth-order valence-corrected chi connectivity index (χ4v) is 3.68. The molecule has 23 heavy (non-hydrogen) atoms. The van der Waals surface area contributed by atoms with Crippen LogP contribution in [0.3, 0.4) is 0 Å². The first-order valence-corrected chi connectivity index (χ1v) is 11.1. The summed E-state index contributed by atoms with van der Waals surface area (Å²) < 4.78 is 11.9. The maximum atomic E-state index is 12.3. The van der Waals surface area contributed by atoms with Gasteiger partial charge in [0.15, 0.2) is 8.32 Å². The van der Waals surface area contributed by atoms with Crippen LogP contribution in [0.4, 0.5) is 4.79 Å². The van der Waals surface area contributed by atoms with Crippen LogP contribution in [0, 0.1) is 5.41 Å². The van der Waals surface area contributed by atoms with Crippen LogP contribution in [0.5, 0.6) is 0 Å². The summed E-state index contributed by atoms with van der Waals surface area (Å²) in [5, 5.41) is 0.0517. The van der Waals surface area contributed by atoms with Crippen molar-refractivity contribution in [3.63, 3.8) is 0 Å². The largest absolute Gasteiger partial charge is 0.444 e. The molecule has 134 valence electrons. The monoisotopic (exact) mass is 343 g/mol. The van der Waals surface area contributed by atoms with Gasteiger partial charge >= 0.3 is 6.09 Å². The Kier molecular flexibility index (Phi) is 5.44. The number of nitrogens with zero attached hydrogens (tertiary/aromatic N) is 1. The summed E-state index contributed by atoms with van der Waals surface area (Å²) in [5.74, 6) is 0. The van der Waals surface area contributed by atoms with Crippen molar-refractivity contribution in [3.8, 4) is 0 Å². The number of amides is 1. The summed E-state index contributed by atoms with van der Waals surface area (Å²) in [6.07, 6.45) is 0.259. The van der Waals surface area contributed by atoms with Crippen LogP contribution >= 0.6 is 0 Å². The normalized spacial score (nSPS) is 26.3. The van der Waals surface area contributed by atoms with E-state index in [1.165, 1.54) is 0 Å². The van der Waals surface area contributed by atoms with E-state index in [-0.39, 0.29) is 17.2 Å². The van der Waals surface area contributed by atoms with Gasteiger partial charge in [0, 0.05) is 6.54 Å². The minimum atomic E-state index is -2.02. The van der Waals surface area contributed by atoms with E-state index < -0.39 is 19.3 Å². The number of rotatable bonds is 3. The first-order valence-electron chi connectivity index (χ1n) is 8.23. The zero-order valence-electron chi connectivity index (χ0n) is 16.1. The second-order valence-corrected chi connectivity index (χ2v) is 14.1. The fraction of sp³-hybridized carbons (Fsp3) is 0.882. The first kappa shape index (κ1) is 20.2. The highest BCUT2D eigenvalue weighted by Gasteiger charge is 2.50. The maximum absolute atomic E-state index is 12.3. The van der Waals surface area contributed by atoms with E-state index in [2.05, 4.69) is 33.9 Å². The van der Waals surface area contributed by atoms with Crippen molar-refractivity contribution in [2.75, 3.05) is 13.1 Å². The zero-order valence-corrected chi connectivity index (χ0v) is 17.1. The van der Waals surface area contributed by atoms with E-state index in [1.807, 2.05) is 27.7 Å². The van der Waals surface area contributed by atoms with E-state index in [0.29, 0.717) is 13.1 Å². The van der Waals surface area contributed by atoms with Crippen LogP contribution in [-0.2, 0) is 14.0 Å². The number of aldehydes is 1. The predicted octanol–water partition coefficient (Wildman–Crippen LogP) is 3.83. The van der Waals surface area contributed by atoms with Gasteiger partial charge in [0.05, 0.1) is 18.1 Å². The Hall–Kier alpha value is -0.883. The molecule has 0 bridgehead atoms. The smallest absolute Gasteiger partial charge is 0.410 e. The summed E-state index contributed by atoms with van der Waals surface area (Å²) in [6, 6.07) is 0. The van der Waals surface area contributed by atoms with Crippen LogP contribution in [0.1, 0.15) is 48.5 Å². The lowest BCUT2D eigenvalue weighted by molar-refractivity contribution is -0.118. The molecule has 1 rings (SSSR count). The van der Waals surface area contributed by atoms with Crippen LogP contribution in [0.15, 0.2) is 0 Å². The van der Waals surface area contributed by atoms with Gasteiger partial charge in [0.2, 0.25) is 0 Å². The highest BCUT2D eigenvalue weighted by molar-refractivity contribution is 6.74. The Morgan fingerprint density at radius 2 is 1.74 bits per heavy atom. The van der Waals surface area contributed by atoms with Crippen LogP contribution in [0.2, 0.25) is 18.1 Å². The van der Waals surface area contributed by atoms with E-state index in [4.69, 9.17) is 9.16 Å². The highest BCUT2D eigenvalue weighted by Crippen LogP contribution is 2.41. The molecule has 1 heterocycles. The van der Waals surface area contributed by atoms with Gasteiger partial charge in [-0.25, -0.2) is 4.79 Å². The lowest BCUT2D eigenvalue weighted by Crippen LogP contribution is -2.48. The van der Waals surface area contributed by atoms with Crippen molar-refractivity contribution in [2.24, 2.45) is 5.41 Å². The molecule has 1 aliphatic rings. The zero-order chi connectivity index (χ0) is 18.3. The molecule has 6 heteroatoms. The topological polar surface area (TPSA) is 55.8 Å². The molecule has 2 atom stereocenters. The molecule has 0 aliphatic carbocycles. The Morgan fingerprint density at radius 3 is 2.13 bits per heavy atom. The van der Waals surface area contributed by atoms with Crippen molar-refractivity contribution >= 4 is 20.7 Å². The summed E-state index contributed by atoms with van der Waals surface area (Å²) >= 11 is 0. The van der Waals surface area contributed by atoms with Gasteiger partial charge in [-0.15, -0.1) is 0 Å². The van der Waals surface area contributed by atoms with Gasteiger partial charge < -0.3 is 18.9 Å². The Morgan fingerprint density at radius 1 is 1.22 bits per heavy atom. The van der Waals surface area contributed by atoms with Gasteiger partial charge in [-0.1, -0.05) is 20.8 Å². The number of likely N-dealkylation sites (tertiary alicyclic amines) is 1. The molecule has 1 saturated heterocycles. The third-order valence-corrected chi connectivity index (χ3v) is 9.30. The Balaban J connectivity index is 2.93. The average Bonchev–Trinajstić information content (AvgIpc) is 2.64. The fourth-order valence-electron chi connectivity index (χ4n) is 2.27. The molecule has 2 unspecified atom stereocenters. The van der Waals surface area contributed by atoms with E-state index in [1.54, 1.807) is 4.90 Å². The van der Waals surface area contributed by atoms with Gasteiger partial charge in [-0.3, -0.25) is 0 Å². The second-order valence-electron chi connectivity index (χ2n) is 9.35. The van der Waals surface area contributed by atoms with Crippen LogP contribution in [-0.4, -0.2) is 50.4 Å². The molecule has 0 saturated carbocycles. The van der Waals surface area contributed by atoms with E-state index in [9.17, 15) is 9.59 Å². The lowest BCUT2D eigenvalue weighted by atomic mass is 9.89. The first-order chi connectivity index (χ1) is 10.1. The molecule has 0 N–H and O–H groups in total. The van der Waals surface area contributed by atoms with Crippen LogP contribution < -0.4 is 0 Å². The molecule has 1 amide bonds. The molecule has 0 radical (unpaired) electrons. The number of hydrogen-bond acceptors (Lipinski definition) is 4. The standard InChI is InChI=1S/C17H33NO4Si/c1-15(2,3)21-14(20)18-10-13(17(7,11-18)12-19)22-23(8,9)16(4,5)6/h12-13H,10-11H2,1-9H3. The number of hydrogen-bond donors (Lipinski definition) is 0. The van der Waals surface area contributed by atoms with Crippen molar-refractivity contribution in [2.45, 2.75) is 78.3 Å². The third-order valence-electron chi connectivity index (χ3n) is 4.82. The average molecular weight is 344 g/mol. The molecular formula is C17H33NO4Si. The van der Waals surface area contributed by atoms with Crippen molar-refractivity contribution in [1.29, 1.82) is 0 Å². The molecule has 1 aliphatic heterocycles. The molecule has 0 aromatic carbocycles. The SMILES string of the molecule is CC(C)(C)OC(=O)N1CC(O[Si](C)(C)C(C)(C)C)C(C)(C=O)C1. The second kappa shape index (κ2) is 6.20. The minimum Gasteiger partial charge on any atom is -0.444 e. The van der Waals surface area contributed by atoms with Gasteiger partial charge in [0.25, 0.3) is 0 Å². The quantitative estimate of drug-likeness (QED) is 0.577. The molecule has 1 fully saturated rings. The van der Waals surface area contributed by atoms with E-state index >= 15 is 0 Å². The summed E-state index contributed by atoms with van der Waals surface area (Å²) in [5.41, 5.74) is -1.24. The minimum absolute atomic E-state index is 0.0517. The predicted molar refractivity (Wildman–Crippen MR) is 94.0 cm³/mol. The van der Waals surface area contributed by atoms with Crippen LogP contribution in [0.25, 0.3) is 0 Å². The van der Waals surface area contributed by atoms with Crippen molar-refractivity contribution in [1.82, 2.24) is 4.90 Å². The molecule has 0 aromatic heterocycles. The molecule has 0 spiro atoms.